The van der Waals surface area contributed by atoms with Crippen molar-refractivity contribution in [1.82, 2.24) is 25.8 Å². The molecule has 47 heavy (non-hydrogen) atoms. The van der Waals surface area contributed by atoms with Crippen LogP contribution < -0.4 is 20.9 Å². The van der Waals surface area contributed by atoms with Crippen LogP contribution in [0.4, 0.5) is 4.79 Å². The largest absolute Gasteiger partial charge is 0.460 e. The highest BCUT2D eigenvalue weighted by molar-refractivity contribution is 5.89. The van der Waals surface area contributed by atoms with Crippen LogP contribution in [0.2, 0.25) is 0 Å². The van der Waals surface area contributed by atoms with Crippen molar-refractivity contribution in [3.63, 3.8) is 0 Å². The summed E-state index contributed by atoms with van der Waals surface area (Å²) in [5, 5.41) is 9.54. The Balaban J connectivity index is 1.19. The number of likely N-dealkylation sites (N-methyl/N-ethyl adjacent to an activating group) is 2. The molecule has 1 aliphatic heterocycles. The van der Waals surface area contributed by atoms with Gasteiger partial charge in [-0.1, -0.05) is 19.8 Å². The minimum Gasteiger partial charge on any atom is -0.460 e. The van der Waals surface area contributed by atoms with E-state index in [-0.39, 0.29) is 79.3 Å². The zero-order chi connectivity index (χ0) is 33.9. The molecule has 5 unspecified atom stereocenters. The second-order valence-corrected chi connectivity index (χ2v) is 14.6. The highest BCUT2D eigenvalue weighted by atomic mass is 16.5. The lowest BCUT2D eigenvalue weighted by molar-refractivity contribution is -0.896. The molecule has 4 fully saturated rings. The fourth-order valence-electron chi connectivity index (χ4n) is 8.17. The van der Waals surface area contributed by atoms with E-state index in [1.807, 2.05) is 0 Å². The van der Waals surface area contributed by atoms with Gasteiger partial charge >= 0.3 is 12.0 Å². The molecule has 3 aliphatic carbocycles. The smallest absolute Gasteiger partial charge is 0.315 e. The predicted molar refractivity (Wildman–Crippen MR) is 178 cm³/mol. The molecule has 0 bridgehead atoms. The molecule has 0 spiro atoms. The molecule has 1 saturated heterocycles. The summed E-state index contributed by atoms with van der Waals surface area (Å²) in [7, 11) is 1.75. The molecule has 4 rings (SSSR count). The van der Waals surface area contributed by atoms with E-state index in [2.05, 4.69) is 36.7 Å². The second kappa shape index (κ2) is 18.0. The quantitative estimate of drug-likeness (QED) is 0.221. The number of amides is 5. The second-order valence-electron chi connectivity index (χ2n) is 14.6. The number of carbonyl (C=O) groups excluding carboxylic acids is 5. The van der Waals surface area contributed by atoms with Gasteiger partial charge in [-0.25, -0.2) is 4.79 Å². The van der Waals surface area contributed by atoms with Crippen molar-refractivity contribution in [2.75, 3.05) is 46.4 Å². The van der Waals surface area contributed by atoms with Crippen LogP contribution in [0.3, 0.4) is 0 Å². The van der Waals surface area contributed by atoms with Crippen molar-refractivity contribution in [2.45, 2.75) is 128 Å². The molecule has 0 aromatic carbocycles. The van der Waals surface area contributed by atoms with Crippen molar-refractivity contribution < 1.29 is 33.6 Å². The fraction of sp³-hybridized carbons (Fsp3) is 0.857. The average Bonchev–Trinajstić information content (AvgIpc) is 3.14. The minimum absolute atomic E-state index is 0.00513. The highest BCUT2D eigenvalue weighted by Gasteiger charge is 2.44. The number of quaternary nitrogens is 1. The third-order valence-electron chi connectivity index (χ3n) is 11.4. The molecule has 5 atom stereocenters. The number of ether oxygens (including phenoxy) is 1. The average molecular weight is 662 g/mol. The van der Waals surface area contributed by atoms with Crippen molar-refractivity contribution in [1.29, 1.82) is 0 Å². The molecule has 0 aromatic rings. The lowest BCUT2D eigenvalue weighted by atomic mass is 9.79. The molecule has 4 N–H and O–H groups in total. The minimum atomic E-state index is -0.419. The number of fused-ring (bicyclic) bond motifs is 1. The molecule has 12 heteroatoms. The maximum absolute atomic E-state index is 13.7. The Morgan fingerprint density at radius 3 is 2.30 bits per heavy atom. The van der Waals surface area contributed by atoms with Crippen LogP contribution in [0, 0.1) is 17.8 Å². The van der Waals surface area contributed by atoms with Gasteiger partial charge in [0.25, 0.3) is 0 Å². The normalized spacial score (nSPS) is 29.9. The lowest BCUT2D eigenvalue weighted by Gasteiger charge is -2.39. The maximum atomic E-state index is 13.7. The summed E-state index contributed by atoms with van der Waals surface area (Å²) >= 11 is 0. The van der Waals surface area contributed by atoms with Crippen LogP contribution in [0.15, 0.2) is 0 Å². The Morgan fingerprint density at radius 2 is 1.60 bits per heavy atom. The summed E-state index contributed by atoms with van der Waals surface area (Å²) in [6.45, 7) is 9.53. The zero-order valence-corrected chi connectivity index (χ0v) is 29.3. The standard InChI is InChI=1S/C35H60N6O6/c1-5-40(6-2)19-20-47-33(44)17-18-41-23-32(43)39(4)30-16-15-27(22-28(30)34(41)45)36-31(42)21-25-11-13-26(14-12-25)37-35(46)38-29-10-8-7-9-24(29)3/h24-30H,5-23H2,1-4H3,(H,36,42)(H2,37,38,46)/p+1. The molecular formula is C35H61N6O6+. The first-order chi connectivity index (χ1) is 22.6. The van der Waals surface area contributed by atoms with E-state index in [0.29, 0.717) is 38.2 Å². The van der Waals surface area contributed by atoms with Crippen LogP contribution in [0.25, 0.3) is 0 Å². The Kier molecular flexibility index (Phi) is 14.2. The molecule has 4 aliphatic rings. The van der Waals surface area contributed by atoms with Gasteiger partial charge in [0, 0.05) is 44.2 Å². The number of hydrogen-bond donors (Lipinski definition) is 4. The number of urea groups is 1. The number of nitrogens with zero attached hydrogens (tertiary/aromatic N) is 2. The first-order valence-corrected chi connectivity index (χ1v) is 18.5. The van der Waals surface area contributed by atoms with E-state index in [1.165, 1.54) is 29.1 Å². The van der Waals surface area contributed by atoms with Crippen molar-refractivity contribution in [3.05, 3.63) is 0 Å². The van der Waals surface area contributed by atoms with E-state index < -0.39 is 5.92 Å². The lowest BCUT2D eigenvalue weighted by Crippen LogP contribution is -3.11. The number of rotatable bonds is 13. The van der Waals surface area contributed by atoms with Crippen LogP contribution in [-0.4, -0.2) is 110 Å². The van der Waals surface area contributed by atoms with E-state index in [0.717, 1.165) is 51.7 Å². The SMILES string of the molecule is CC[NH+](CC)CCOC(=O)CCN1CC(=O)N(C)C2CCC(NC(=O)CC3CCC(NC(=O)NC4CCCCC4C)CC3)CC2C1=O. The predicted octanol–water partition coefficient (Wildman–Crippen LogP) is 1.63. The summed E-state index contributed by atoms with van der Waals surface area (Å²) in [5.41, 5.74) is 0. The third kappa shape index (κ3) is 10.8. The third-order valence-corrected chi connectivity index (χ3v) is 11.4. The number of carbonyl (C=O) groups is 5. The highest BCUT2D eigenvalue weighted by Crippen LogP contribution is 2.33. The summed E-state index contributed by atoms with van der Waals surface area (Å²) in [4.78, 5) is 69.3. The Bertz CT molecular complexity index is 1080. The first-order valence-electron chi connectivity index (χ1n) is 18.5. The molecule has 12 nitrogen and oxygen atoms in total. The van der Waals surface area contributed by atoms with Gasteiger partial charge in [-0.2, -0.15) is 0 Å². The van der Waals surface area contributed by atoms with Gasteiger partial charge in [0.05, 0.1) is 32.0 Å². The summed E-state index contributed by atoms with van der Waals surface area (Å²) in [6.07, 6.45) is 10.5. The van der Waals surface area contributed by atoms with Crippen LogP contribution in [-0.2, 0) is 23.9 Å². The molecule has 5 amide bonds. The zero-order valence-electron chi connectivity index (χ0n) is 29.3. The van der Waals surface area contributed by atoms with E-state index in [1.54, 1.807) is 11.9 Å². The molecule has 0 aromatic heterocycles. The fourth-order valence-corrected chi connectivity index (χ4v) is 8.17. The van der Waals surface area contributed by atoms with Gasteiger partial charge < -0.3 is 35.4 Å². The van der Waals surface area contributed by atoms with Crippen LogP contribution in [0.1, 0.15) is 104 Å². The molecule has 0 radical (unpaired) electrons. The number of nitrogens with one attached hydrogen (secondary N) is 4. The summed E-state index contributed by atoms with van der Waals surface area (Å²) in [5.74, 6) is -0.231. The molecule has 3 saturated carbocycles. The Morgan fingerprint density at radius 1 is 0.894 bits per heavy atom. The van der Waals surface area contributed by atoms with Gasteiger partial charge in [0.1, 0.15) is 13.2 Å². The maximum Gasteiger partial charge on any atom is 0.315 e. The molecular weight excluding hydrogens is 600 g/mol. The van der Waals surface area contributed by atoms with E-state index in [4.69, 9.17) is 4.74 Å². The molecule has 266 valence electrons. The van der Waals surface area contributed by atoms with Crippen LogP contribution >= 0.6 is 0 Å². The number of esters is 1. The van der Waals surface area contributed by atoms with Gasteiger partial charge in [-0.3, -0.25) is 19.2 Å². The topological polar surface area (TPSA) is 142 Å². The van der Waals surface area contributed by atoms with E-state index in [9.17, 15) is 24.0 Å². The molecule has 1 heterocycles. The van der Waals surface area contributed by atoms with Crippen molar-refractivity contribution in [2.24, 2.45) is 17.8 Å². The van der Waals surface area contributed by atoms with Gasteiger partial charge in [0.2, 0.25) is 17.7 Å². The Hall–Kier alpha value is -2.89. The summed E-state index contributed by atoms with van der Waals surface area (Å²) < 4.78 is 5.40. The van der Waals surface area contributed by atoms with Gasteiger partial charge in [-0.15, -0.1) is 0 Å². The Labute approximate surface area is 281 Å². The first kappa shape index (κ1) is 36.9. The van der Waals surface area contributed by atoms with Crippen molar-refractivity contribution >= 4 is 29.7 Å². The summed E-state index contributed by atoms with van der Waals surface area (Å²) in [6, 6.07) is -0.00641. The van der Waals surface area contributed by atoms with Crippen LogP contribution in [0.5, 0.6) is 0 Å². The monoisotopic (exact) mass is 661 g/mol. The van der Waals surface area contributed by atoms with Gasteiger partial charge in [0.15, 0.2) is 0 Å². The van der Waals surface area contributed by atoms with Gasteiger partial charge in [-0.05, 0) is 83.5 Å². The van der Waals surface area contributed by atoms with E-state index >= 15 is 0 Å². The van der Waals surface area contributed by atoms with Crippen molar-refractivity contribution in [3.8, 4) is 0 Å². The number of hydrogen-bond acceptors (Lipinski definition) is 6.